The highest BCUT2D eigenvalue weighted by atomic mass is 16.3. The second-order valence-corrected chi connectivity index (χ2v) is 14.7. The minimum Gasteiger partial charge on any atom is -0.456 e. The van der Waals surface area contributed by atoms with Crippen LogP contribution in [-0.4, -0.2) is 15.0 Å². The predicted molar refractivity (Wildman–Crippen MR) is 237 cm³/mol. The predicted octanol–water partition coefficient (Wildman–Crippen LogP) is 14.3. The lowest BCUT2D eigenvalue weighted by Gasteiger charge is -2.14. The van der Waals surface area contributed by atoms with Crippen LogP contribution >= 0.6 is 0 Å². The maximum atomic E-state index is 6.33. The summed E-state index contributed by atoms with van der Waals surface area (Å²) in [6.45, 7) is 0. The lowest BCUT2D eigenvalue weighted by Crippen LogP contribution is -2.01. The molecule has 3 aromatic heterocycles. The van der Waals surface area contributed by atoms with E-state index in [1.54, 1.807) is 0 Å². The molecule has 0 radical (unpaired) electrons. The van der Waals surface area contributed by atoms with Crippen molar-refractivity contribution in [2.45, 2.75) is 0 Å². The van der Waals surface area contributed by atoms with Crippen LogP contribution in [-0.2, 0) is 0 Å². The number of hydrogen-bond donors (Lipinski definition) is 0. The Balaban J connectivity index is 1.08. The lowest BCUT2D eigenvalue weighted by molar-refractivity contribution is 0.668. The average Bonchev–Trinajstić information content (AvgIpc) is 3.87. The van der Waals surface area contributed by atoms with E-state index in [1.165, 1.54) is 32.7 Å². The van der Waals surface area contributed by atoms with E-state index in [1.807, 2.05) is 60.7 Å². The molecule has 0 aliphatic heterocycles. The summed E-state index contributed by atoms with van der Waals surface area (Å²) in [5.41, 5.74) is 10.4. The molecule has 12 aromatic rings. The Morgan fingerprint density at radius 1 is 0.276 bits per heavy atom. The number of nitrogens with zero attached hydrogens (tertiary/aromatic N) is 3. The van der Waals surface area contributed by atoms with Crippen LogP contribution in [0.4, 0.5) is 0 Å². The molecule has 9 aromatic carbocycles. The van der Waals surface area contributed by atoms with Crippen molar-refractivity contribution in [3.63, 3.8) is 0 Å². The van der Waals surface area contributed by atoms with Gasteiger partial charge in [-0.1, -0.05) is 152 Å². The van der Waals surface area contributed by atoms with Crippen LogP contribution < -0.4 is 0 Å². The SMILES string of the molecule is c1ccc(-c2ccc3c(ccc4ccc(-c5ccccc5-c5nc(-c6cccc7oc8ccccc8c67)nc(-c6cccc7oc8ccccc8c67)n5)cc43)c2)cc1. The summed E-state index contributed by atoms with van der Waals surface area (Å²) in [6, 6.07) is 65.3. The number of furan rings is 2. The van der Waals surface area contributed by atoms with Gasteiger partial charge >= 0.3 is 0 Å². The van der Waals surface area contributed by atoms with E-state index in [0.717, 1.165) is 71.7 Å². The third-order valence-electron chi connectivity index (χ3n) is 11.3. The highest BCUT2D eigenvalue weighted by molar-refractivity contribution is 6.14. The first kappa shape index (κ1) is 32.4. The number of fused-ring (bicyclic) bond motifs is 9. The third-order valence-corrected chi connectivity index (χ3v) is 11.3. The first-order valence-corrected chi connectivity index (χ1v) is 19.4. The fourth-order valence-electron chi connectivity index (χ4n) is 8.63. The average molecular weight is 742 g/mol. The van der Waals surface area contributed by atoms with Crippen molar-refractivity contribution in [1.82, 2.24) is 15.0 Å². The van der Waals surface area contributed by atoms with Gasteiger partial charge in [-0.15, -0.1) is 0 Å². The van der Waals surface area contributed by atoms with E-state index in [9.17, 15) is 0 Å². The molecule has 0 aliphatic rings. The van der Waals surface area contributed by atoms with Crippen LogP contribution in [0.3, 0.4) is 0 Å². The summed E-state index contributed by atoms with van der Waals surface area (Å²) in [4.78, 5) is 15.9. The van der Waals surface area contributed by atoms with Crippen molar-refractivity contribution in [3.8, 4) is 56.4 Å². The van der Waals surface area contributed by atoms with E-state index >= 15 is 0 Å². The van der Waals surface area contributed by atoms with Gasteiger partial charge in [0.1, 0.15) is 22.3 Å². The zero-order valence-corrected chi connectivity index (χ0v) is 31.1. The Bertz CT molecular complexity index is 3450. The van der Waals surface area contributed by atoms with Crippen LogP contribution in [0.1, 0.15) is 0 Å². The standard InChI is InChI=1S/C53H31N3O2/c1-2-12-32(13-3-1)34-28-29-38-35(30-34)26-24-33-25-27-36(31-44(33)38)37-14-4-5-15-39(37)51-54-52(42-18-10-22-47-49(42)40-16-6-8-20-45(40)57-47)56-53(55-51)43-19-11-23-48-50(43)41-17-7-9-21-46(41)58-48/h1-31H. The third kappa shape index (κ3) is 5.14. The molecule has 0 atom stereocenters. The van der Waals surface area contributed by atoms with Crippen molar-refractivity contribution in [2.75, 3.05) is 0 Å². The van der Waals surface area contributed by atoms with Gasteiger partial charge < -0.3 is 8.83 Å². The van der Waals surface area contributed by atoms with Crippen LogP contribution in [0.25, 0.3) is 122 Å². The normalized spacial score (nSPS) is 11.8. The minimum atomic E-state index is 0.565. The Hall–Kier alpha value is -7.89. The van der Waals surface area contributed by atoms with Crippen molar-refractivity contribution < 1.29 is 8.83 Å². The molecule has 270 valence electrons. The molecule has 5 heteroatoms. The summed E-state index contributed by atoms with van der Waals surface area (Å²) in [6.07, 6.45) is 0. The van der Waals surface area contributed by atoms with Crippen LogP contribution in [0, 0.1) is 0 Å². The monoisotopic (exact) mass is 741 g/mol. The highest BCUT2D eigenvalue weighted by Gasteiger charge is 2.21. The summed E-state index contributed by atoms with van der Waals surface area (Å²) in [5, 5.41) is 8.76. The summed E-state index contributed by atoms with van der Waals surface area (Å²) < 4.78 is 12.7. The number of benzene rings is 9. The first-order valence-electron chi connectivity index (χ1n) is 19.4. The van der Waals surface area contributed by atoms with Crippen molar-refractivity contribution >= 4 is 65.4 Å². The Labute approximate surface area is 332 Å². The Kier molecular flexibility index (Phi) is 7.16. The highest BCUT2D eigenvalue weighted by Crippen LogP contribution is 2.41. The number of aromatic nitrogens is 3. The van der Waals surface area contributed by atoms with Crippen LogP contribution in [0.15, 0.2) is 197 Å². The second-order valence-electron chi connectivity index (χ2n) is 14.7. The van der Waals surface area contributed by atoms with Gasteiger partial charge in [0.2, 0.25) is 0 Å². The van der Waals surface area contributed by atoms with Gasteiger partial charge in [0.15, 0.2) is 17.5 Å². The molecule has 12 rings (SSSR count). The Morgan fingerprint density at radius 3 is 1.45 bits per heavy atom. The first-order chi connectivity index (χ1) is 28.7. The zero-order chi connectivity index (χ0) is 38.2. The minimum absolute atomic E-state index is 0.565. The van der Waals surface area contributed by atoms with E-state index in [4.69, 9.17) is 23.8 Å². The van der Waals surface area contributed by atoms with E-state index in [0.29, 0.717) is 17.5 Å². The van der Waals surface area contributed by atoms with Gasteiger partial charge in [-0.2, -0.15) is 0 Å². The van der Waals surface area contributed by atoms with E-state index in [2.05, 4.69) is 127 Å². The summed E-state index contributed by atoms with van der Waals surface area (Å²) >= 11 is 0. The molecular weight excluding hydrogens is 711 g/mol. The van der Waals surface area contributed by atoms with Gasteiger partial charge in [0.25, 0.3) is 0 Å². The fourth-order valence-corrected chi connectivity index (χ4v) is 8.63. The largest absolute Gasteiger partial charge is 0.456 e. The molecule has 5 nitrogen and oxygen atoms in total. The van der Waals surface area contributed by atoms with Crippen molar-refractivity contribution in [3.05, 3.63) is 188 Å². The number of rotatable bonds is 5. The van der Waals surface area contributed by atoms with Crippen molar-refractivity contribution in [2.24, 2.45) is 0 Å². The fraction of sp³-hybridized carbons (Fsp3) is 0. The molecule has 3 heterocycles. The molecule has 0 amide bonds. The number of hydrogen-bond acceptors (Lipinski definition) is 5. The molecule has 0 saturated carbocycles. The quantitative estimate of drug-likeness (QED) is 0.164. The molecule has 0 aliphatic carbocycles. The van der Waals surface area contributed by atoms with Gasteiger partial charge in [-0.05, 0) is 80.2 Å². The van der Waals surface area contributed by atoms with Crippen LogP contribution in [0.5, 0.6) is 0 Å². The molecule has 0 saturated heterocycles. The lowest BCUT2D eigenvalue weighted by atomic mass is 9.93. The molecule has 0 N–H and O–H groups in total. The van der Waals surface area contributed by atoms with Crippen molar-refractivity contribution in [1.29, 1.82) is 0 Å². The molecule has 0 fully saturated rings. The number of para-hydroxylation sites is 2. The van der Waals surface area contributed by atoms with Gasteiger partial charge in [-0.25, -0.2) is 15.0 Å². The van der Waals surface area contributed by atoms with Gasteiger partial charge in [-0.3, -0.25) is 0 Å². The molecule has 0 bridgehead atoms. The summed E-state index contributed by atoms with van der Waals surface area (Å²) in [5.74, 6) is 1.71. The second kappa shape index (κ2) is 12.8. The topological polar surface area (TPSA) is 65.0 Å². The maximum Gasteiger partial charge on any atom is 0.164 e. The molecular formula is C53H31N3O2. The van der Waals surface area contributed by atoms with Gasteiger partial charge in [0.05, 0.1) is 0 Å². The maximum absolute atomic E-state index is 6.33. The molecule has 0 unspecified atom stereocenters. The Morgan fingerprint density at radius 2 is 0.776 bits per heavy atom. The van der Waals surface area contributed by atoms with Crippen LogP contribution in [0.2, 0.25) is 0 Å². The smallest absolute Gasteiger partial charge is 0.164 e. The molecule has 0 spiro atoms. The molecule has 58 heavy (non-hydrogen) atoms. The zero-order valence-electron chi connectivity index (χ0n) is 31.1. The van der Waals surface area contributed by atoms with E-state index < -0.39 is 0 Å². The summed E-state index contributed by atoms with van der Waals surface area (Å²) in [7, 11) is 0. The van der Waals surface area contributed by atoms with E-state index in [-0.39, 0.29) is 0 Å². The van der Waals surface area contributed by atoms with Gasteiger partial charge in [0, 0.05) is 38.2 Å².